The van der Waals surface area contributed by atoms with Crippen molar-refractivity contribution in [3.05, 3.63) is 23.2 Å². The molecule has 1 aromatic rings. The summed E-state index contributed by atoms with van der Waals surface area (Å²) in [7, 11) is 1.75. The predicted octanol–water partition coefficient (Wildman–Crippen LogP) is 1.35. The van der Waals surface area contributed by atoms with Crippen LogP contribution in [-0.4, -0.2) is 36.3 Å². The van der Waals surface area contributed by atoms with E-state index in [1.807, 2.05) is 26.8 Å². The predicted molar refractivity (Wildman–Crippen MR) is 70.8 cm³/mol. The molecule has 1 N–H and O–H groups in total. The van der Waals surface area contributed by atoms with E-state index in [9.17, 15) is 9.59 Å². The van der Waals surface area contributed by atoms with Gasteiger partial charge in [0.15, 0.2) is 0 Å². The fourth-order valence-corrected chi connectivity index (χ4v) is 2.47. The number of nitrogens with one attached hydrogen (secondary N) is 1. The van der Waals surface area contributed by atoms with E-state index in [2.05, 4.69) is 5.32 Å². The molecule has 2 amide bonds. The van der Waals surface area contributed by atoms with E-state index < -0.39 is 0 Å². The minimum absolute atomic E-state index is 0.0133. The first kappa shape index (κ1) is 13.6. The lowest BCUT2D eigenvalue weighted by atomic mass is 10.0. The molecule has 0 aromatic carbocycles. The molecule has 104 valence electrons. The van der Waals surface area contributed by atoms with E-state index in [0.717, 1.165) is 17.1 Å². The molecule has 1 aliphatic rings. The molecule has 0 aliphatic carbocycles. The van der Waals surface area contributed by atoms with Gasteiger partial charge in [0.05, 0.1) is 5.92 Å². The highest BCUT2D eigenvalue weighted by Crippen LogP contribution is 2.23. The summed E-state index contributed by atoms with van der Waals surface area (Å²) in [5, 5.41) is 2.82. The lowest BCUT2D eigenvalue weighted by molar-refractivity contribution is -0.132. The highest BCUT2D eigenvalue weighted by molar-refractivity contribution is 5.91. The van der Waals surface area contributed by atoms with Gasteiger partial charge in [-0.25, -0.2) is 0 Å². The van der Waals surface area contributed by atoms with Crippen LogP contribution in [0.5, 0.6) is 0 Å². The molecule has 0 spiro atoms. The maximum Gasteiger partial charge on any atom is 0.244 e. The van der Waals surface area contributed by atoms with Crippen molar-refractivity contribution in [1.82, 2.24) is 10.2 Å². The normalized spacial score (nSPS) is 20.7. The van der Waals surface area contributed by atoms with Crippen LogP contribution < -0.4 is 5.32 Å². The van der Waals surface area contributed by atoms with Gasteiger partial charge in [-0.15, -0.1) is 0 Å². The van der Waals surface area contributed by atoms with Gasteiger partial charge in [0.1, 0.15) is 17.6 Å². The Bertz CT molecular complexity index is 507. The summed E-state index contributed by atoms with van der Waals surface area (Å²) in [5.41, 5.74) is 0.883. The van der Waals surface area contributed by atoms with Crippen molar-refractivity contribution in [2.24, 2.45) is 0 Å². The summed E-state index contributed by atoms with van der Waals surface area (Å²) in [6.07, 6.45) is 0.678. The van der Waals surface area contributed by atoms with Crippen LogP contribution >= 0.6 is 0 Å². The van der Waals surface area contributed by atoms with Crippen LogP contribution in [0, 0.1) is 13.8 Å². The number of rotatable bonds is 3. The molecule has 5 nitrogen and oxygen atoms in total. The number of carbonyl (C=O) groups excluding carboxylic acids is 2. The van der Waals surface area contributed by atoms with Crippen LogP contribution in [0.25, 0.3) is 0 Å². The molecule has 2 atom stereocenters. The molecule has 5 heteroatoms. The van der Waals surface area contributed by atoms with E-state index in [-0.39, 0.29) is 23.8 Å². The van der Waals surface area contributed by atoms with E-state index >= 15 is 0 Å². The number of amides is 2. The first-order chi connectivity index (χ1) is 8.90. The molecule has 0 unspecified atom stereocenters. The van der Waals surface area contributed by atoms with Gasteiger partial charge in [0, 0.05) is 19.2 Å². The summed E-state index contributed by atoms with van der Waals surface area (Å²) in [4.78, 5) is 25.6. The Hall–Kier alpha value is -1.78. The number of furan rings is 1. The summed E-state index contributed by atoms with van der Waals surface area (Å²) in [6.45, 7) is 6.23. The Balaban J connectivity index is 2.04. The summed E-state index contributed by atoms with van der Waals surface area (Å²) in [5.74, 6) is 1.10. The molecule has 1 aliphatic heterocycles. The Labute approximate surface area is 113 Å². The van der Waals surface area contributed by atoms with Gasteiger partial charge >= 0.3 is 0 Å². The third-order valence-electron chi connectivity index (χ3n) is 3.68. The highest BCUT2D eigenvalue weighted by Gasteiger charge is 2.32. The van der Waals surface area contributed by atoms with Crippen LogP contribution in [-0.2, 0) is 9.59 Å². The van der Waals surface area contributed by atoms with Crippen LogP contribution in [0.2, 0.25) is 0 Å². The third kappa shape index (κ3) is 2.64. The number of aryl methyl sites for hydroxylation is 2. The molecule has 0 bridgehead atoms. The number of hydrogen-bond acceptors (Lipinski definition) is 3. The van der Waals surface area contributed by atoms with Crippen molar-refractivity contribution in [2.45, 2.75) is 39.2 Å². The molecule has 0 radical (unpaired) electrons. The summed E-state index contributed by atoms with van der Waals surface area (Å²) in [6, 6.07) is 1.50. The lowest BCUT2D eigenvalue weighted by Gasteiger charge is -2.16. The Morgan fingerprint density at radius 3 is 2.68 bits per heavy atom. The molecular weight excluding hydrogens is 244 g/mol. The van der Waals surface area contributed by atoms with Gasteiger partial charge in [-0.2, -0.15) is 0 Å². The molecule has 1 aromatic heterocycles. The monoisotopic (exact) mass is 264 g/mol. The van der Waals surface area contributed by atoms with E-state index in [1.165, 1.54) is 0 Å². The average Bonchev–Trinajstić information content (AvgIpc) is 2.84. The lowest BCUT2D eigenvalue weighted by Crippen LogP contribution is -2.42. The Morgan fingerprint density at radius 2 is 2.21 bits per heavy atom. The van der Waals surface area contributed by atoms with Crippen molar-refractivity contribution in [3.63, 3.8) is 0 Å². The third-order valence-corrected chi connectivity index (χ3v) is 3.68. The van der Waals surface area contributed by atoms with E-state index in [4.69, 9.17) is 4.42 Å². The molecule has 2 rings (SSSR count). The Morgan fingerprint density at radius 1 is 1.53 bits per heavy atom. The van der Waals surface area contributed by atoms with Gasteiger partial charge in [0.25, 0.3) is 0 Å². The van der Waals surface area contributed by atoms with Crippen LogP contribution in [0.3, 0.4) is 0 Å². The fourth-order valence-electron chi connectivity index (χ4n) is 2.47. The van der Waals surface area contributed by atoms with Crippen LogP contribution in [0.1, 0.15) is 36.3 Å². The summed E-state index contributed by atoms with van der Waals surface area (Å²) < 4.78 is 5.44. The maximum absolute atomic E-state index is 12.2. The average molecular weight is 264 g/mol. The smallest absolute Gasteiger partial charge is 0.244 e. The maximum atomic E-state index is 12.2. The molecule has 0 saturated carbocycles. The SMILES string of the molecule is Cc1cc([C@H](C)C(=O)N[C@H]2CCN(C)C2=O)c(C)o1. The summed E-state index contributed by atoms with van der Waals surface area (Å²) >= 11 is 0. The molecule has 2 heterocycles. The van der Waals surface area contributed by atoms with Gasteiger partial charge < -0.3 is 14.6 Å². The fraction of sp³-hybridized carbons (Fsp3) is 0.571. The number of nitrogens with zero attached hydrogens (tertiary/aromatic N) is 1. The Kier molecular flexibility index (Phi) is 3.64. The quantitative estimate of drug-likeness (QED) is 0.896. The van der Waals surface area contributed by atoms with Crippen molar-refractivity contribution < 1.29 is 14.0 Å². The topological polar surface area (TPSA) is 62.6 Å². The number of carbonyl (C=O) groups is 2. The first-order valence-corrected chi connectivity index (χ1v) is 6.52. The molecule has 1 fully saturated rings. The van der Waals surface area contributed by atoms with Crippen molar-refractivity contribution in [1.29, 1.82) is 0 Å². The van der Waals surface area contributed by atoms with Gasteiger partial charge in [-0.3, -0.25) is 9.59 Å². The second-order valence-electron chi connectivity index (χ2n) is 5.20. The minimum atomic E-state index is -0.381. The number of likely N-dealkylation sites (N-methyl/N-ethyl adjacent to an activating group) is 1. The van der Waals surface area contributed by atoms with Gasteiger partial charge in [-0.05, 0) is 33.3 Å². The largest absolute Gasteiger partial charge is 0.466 e. The number of likely N-dealkylation sites (tertiary alicyclic amines) is 1. The minimum Gasteiger partial charge on any atom is -0.466 e. The van der Waals surface area contributed by atoms with Crippen molar-refractivity contribution in [2.75, 3.05) is 13.6 Å². The van der Waals surface area contributed by atoms with Crippen molar-refractivity contribution in [3.8, 4) is 0 Å². The first-order valence-electron chi connectivity index (χ1n) is 6.52. The standard InChI is InChI=1S/C14H20N2O3/c1-8-7-11(10(3)19-8)9(2)13(17)15-12-5-6-16(4)14(12)18/h7,9,12H,5-6H2,1-4H3,(H,15,17)/t9-,12-/m0/s1. The molecular formula is C14H20N2O3. The van der Waals surface area contributed by atoms with Crippen LogP contribution in [0.4, 0.5) is 0 Å². The van der Waals surface area contributed by atoms with E-state index in [0.29, 0.717) is 13.0 Å². The second-order valence-corrected chi connectivity index (χ2v) is 5.20. The zero-order chi connectivity index (χ0) is 14.2. The van der Waals surface area contributed by atoms with Crippen LogP contribution in [0.15, 0.2) is 10.5 Å². The second kappa shape index (κ2) is 5.07. The van der Waals surface area contributed by atoms with Gasteiger partial charge in [0.2, 0.25) is 11.8 Å². The molecule has 19 heavy (non-hydrogen) atoms. The zero-order valence-electron chi connectivity index (χ0n) is 11.8. The van der Waals surface area contributed by atoms with Crippen molar-refractivity contribution >= 4 is 11.8 Å². The number of hydrogen-bond donors (Lipinski definition) is 1. The van der Waals surface area contributed by atoms with Gasteiger partial charge in [-0.1, -0.05) is 0 Å². The van der Waals surface area contributed by atoms with E-state index in [1.54, 1.807) is 11.9 Å². The molecule has 1 saturated heterocycles. The zero-order valence-corrected chi connectivity index (χ0v) is 11.8. The highest BCUT2D eigenvalue weighted by atomic mass is 16.3.